The zero-order chi connectivity index (χ0) is 13.7. The normalized spacial score (nSPS) is 14.8. The molecule has 19 heavy (non-hydrogen) atoms. The second-order valence-electron chi connectivity index (χ2n) is 4.99. The first-order valence-electron chi connectivity index (χ1n) is 6.81. The summed E-state index contributed by atoms with van der Waals surface area (Å²) in [6, 6.07) is 5.97. The number of rotatable bonds is 2. The molecule has 1 fully saturated rings. The fraction of sp³-hybridized carbons (Fsp3) is 0.438. The summed E-state index contributed by atoms with van der Waals surface area (Å²) in [5, 5.41) is 3.09. The number of nitrogens with one attached hydrogen (secondary N) is 1. The van der Waals surface area contributed by atoms with Crippen molar-refractivity contribution < 1.29 is 4.79 Å². The summed E-state index contributed by atoms with van der Waals surface area (Å²) < 4.78 is 0. The first-order chi connectivity index (χ1) is 9.20. The molecule has 1 saturated carbocycles. The number of nitrogens with two attached hydrogens (primary N) is 1. The fourth-order valence-corrected chi connectivity index (χ4v) is 2.43. The van der Waals surface area contributed by atoms with E-state index in [-0.39, 0.29) is 5.91 Å². The van der Waals surface area contributed by atoms with Crippen molar-refractivity contribution in [1.82, 2.24) is 5.32 Å². The molecule has 1 aromatic rings. The summed E-state index contributed by atoms with van der Waals surface area (Å²) in [5.41, 5.74) is 8.02. The molecule has 0 aliphatic heterocycles. The van der Waals surface area contributed by atoms with Gasteiger partial charge in [-0.1, -0.05) is 24.7 Å². The SMILES string of the molecule is Cc1cc(C(=O)NC2CCCC2)ccc1C#CCN. The van der Waals surface area contributed by atoms with E-state index >= 15 is 0 Å². The Morgan fingerprint density at radius 2 is 2.16 bits per heavy atom. The Morgan fingerprint density at radius 3 is 2.79 bits per heavy atom. The third-order valence-corrected chi connectivity index (χ3v) is 3.50. The number of hydrogen-bond donors (Lipinski definition) is 2. The predicted octanol–water partition coefficient (Wildman–Crippen LogP) is 1.98. The van der Waals surface area contributed by atoms with Gasteiger partial charge in [0.1, 0.15) is 0 Å². The molecule has 2 rings (SSSR count). The van der Waals surface area contributed by atoms with Crippen LogP contribution in [0.15, 0.2) is 18.2 Å². The lowest BCUT2D eigenvalue weighted by Crippen LogP contribution is -2.32. The summed E-state index contributed by atoms with van der Waals surface area (Å²) in [6.07, 6.45) is 4.64. The van der Waals surface area contributed by atoms with Crippen LogP contribution in [0.2, 0.25) is 0 Å². The molecule has 0 aromatic heterocycles. The molecule has 0 bridgehead atoms. The molecular weight excluding hydrogens is 236 g/mol. The molecule has 1 aliphatic carbocycles. The Hall–Kier alpha value is -1.79. The lowest BCUT2D eigenvalue weighted by atomic mass is 10.0. The van der Waals surface area contributed by atoms with Crippen molar-refractivity contribution in [2.45, 2.75) is 38.6 Å². The van der Waals surface area contributed by atoms with E-state index in [0.29, 0.717) is 18.2 Å². The van der Waals surface area contributed by atoms with Gasteiger partial charge >= 0.3 is 0 Å². The van der Waals surface area contributed by atoms with Crippen molar-refractivity contribution in [1.29, 1.82) is 0 Å². The summed E-state index contributed by atoms with van der Waals surface area (Å²) in [7, 11) is 0. The molecule has 3 nitrogen and oxygen atoms in total. The van der Waals surface area contributed by atoms with Crippen LogP contribution in [0.25, 0.3) is 0 Å². The lowest BCUT2D eigenvalue weighted by molar-refractivity contribution is 0.0938. The second kappa shape index (κ2) is 6.40. The molecule has 0 saturated heterocycles. The van der Waals surface area contributed by atoms with E-state index in [1.807, 2.05) is 25.1 Å². The topological polar surface area (TPSA) is 55.1 Å². The Morgan fingerprint density at radius 1 is 1.42 bits per heavy atom. The highest BCUT2D eigenvalue weighted by molar-refractivity contribution is 5.94. The van der Waals surface area contributed by atoms with Gasteiger partial charge in [0.2, 0.25) is 0 Å². The maximum atomic E-state index is 12.1. The highest BCUT2D eigenvalue weighted by Crippen LogP contribution is 2.18. The monoisotopic (exact) mass is 256 g/mol. The number of aryl methyl sites for hydroxylation is 1. The standard InChI is InChI=1S/C16H20N2O/c1-12-11-14(9-8-13(12)5-4-10-17)16(19)18-15-6-2-3-7-15/h8-9,11,15H,2-3,6-7,10,17H2,1H3,(H,18,19). The van der Waals surface area contributed by atoms with E-state index in [4.69, 9.17) is 5.73 Å². The molecule has 1 aromatic carbocycles. The fourth-order valence-electron chi connectivity index (χ4n) is 2.43. The predicted molar refractivity (Wildman–Crippen MR) is 76.8 cm³/mol. The van der Waals surface area contributed by atoms with Gasteiger partial charge in [-0.2, -0.15) is 0 Å². The summed E-state index contributed by atoms with van der Waals surface area (Å²) in [5.74, 6) is 5.86. The van der Waals surface area contributed by atoms with E-state index in [9.17, 15) is 4.79 Å². The average molecular weight is 256 g/mol. The van der Waals surface area contributed by atoms with Crippen LogP contribution in [0, 0.1) is 18.8 Å². The summed E-state index contributed by atoms with van der Waals surface area (Å²) in [6.45, 7) is 2.32. The van der Waals surface area contributed by atoms with Crippen molar-refractivity contribution >= 4 is 5.91 Å². The number of amides is 1. The number of carbonyl (C=O) groups is 1. The van der Waals surface area contributed by atoms with Crippen molar-refractivity contribution in [2.75, 3.05) is 6.54 Å². The third-order valence-electron chi connectivity index (χ3n) is 3.50. The van der Waals surface area contributed by atoms with Gasteiger partial charge in [-0.05, 0) is 43.5 Å². The van der Waals surface area contributed by atoms with Gasteiger partial charge in [0.25, 0.3) is 5.91 Å². The maximum Gasteiger partial charge on any atom is 0.251 e. The van der Waals surface area contributed by atoms with Gasteiger partial charge < -0.3 is 11.1 Å². The van der Waals surface area contributed by atoms with Crippen LogP contribution in [-0.4, -0.2) is 18.5 Å². The minimum absolute atomic E-state index is 0.0216. The van der Waals surface area contributed by atoms with E-state index in [0.717, 1.165) is 24.0 Å². The maximum absolute atomic E-state index is 12.1. The van der Waals surface area contributed by atoms with Gasteiger partial charge in [-0.15, -0.1) is 0 Å². The minimum atomic E-state index is 0.0216. The van der Waals surface area contributed by atoms with Gasteiger partial charge in [0.15, 0.2) is 0 Å². The van der Waals surface area contributed by atoms with Crippen LogP contribution >= 0.6 is 0 Å². The van der Waals surface area contributed by atoms with E-state index in [1.165, 1.54) is 12.8 Å². The van der Waals surface area contributed by atoms with Crippen LogP contribution in [0.5, 0.6) is 0 Å². The smallest absolute Gasteiger partial charge is 0.251 e. The van der Waals surface area contributed by atoms with Crippen LogP contribution in [-0.2, 0) is 0 Å². The Bertz CT molecular complexity index is 519. The quantitative estimate of drug-likeness (QED) is 0.795. The number of benzene rings is 1. The van der Waals surface area contributed by atoms with Crippen LogP contribution in [0.3, 0.4) is 0 Å². The molecule has 1 aliphatic rings. The van der Waals surface area contributed by atoms with E-state index in [2.05, 4.69) is 17.2 Å². The first-order valence-corrected chi connectivity index (χ1v) is 6.81. The molecule has 0 spiro atoms. The molecule has 0 atom stereocenters. The van der Waals surface area contributed by atoms with Crippen molar-refractivity contribution in [3.05, 3.63) is 34.9 Å². The molecule has 3 N–H and O–H groups in total. The lowest BCUT2D eigenvalue weighted by Gasteiger charge is -2.12. The zero-order valence-electron chi connectivity index (χ0n) is 11.3. The third kappa shape index (κ3) is 3.59. The summed E-state index contributed by atoms with van der Waals surface area (Å²) >= 11 is 0. The van der Waals surface area contributed by atoms with Crippen molar-refractivity contribution in [3.8, 4) is 11.8 Å². The zero-order valence-corrected chi connectivity index (χ0v) is 11.3. The van der Waals surface area contributed by atoms with Gasteiger partial charge in [0.05, 0.1) is 6.54 Å². The van der Waals surface area contributed by atoms with Crippen molar-refractivity contribution in [2.24, 2.45) is 5.73 Å². The largest absolute Gasteiger partial charge is 0.349 e. The molecule has 0 heterocycles. The average Bonchev–Trinajstić information content (AvgIpc) is 2.90. The minimum Gasteiger partial charge on any atom is -0.349 e. The second-order valence-corrected chi connectivity index (χ2v) is 4.99. The van der Waals surface area contributed by atoms with E-state index < -0.39 is 0 Å². The Balaban J connectivity index is 2.08. The molecule has 0 radical (unpaired) electrons. The highest BCUT2D eigenvalue weighted by atomic mass is 16.1. The summed E-state index contributed by atoms with van der Waals surface area (Å²) in [4.78, 5) is 12.1. The van der Waals surface area contributed by atoms with Crippen LogP contribution in [0.4, 0.5) is 0 Å². The molecule has 1 amide bonds. The van der Waals surface area contributed by atoms with E-state index in [1.54, 1.807) is 0 Å². The Labute approximate surface area is 114 Å². The number of carbonyl (C=O) groups excluding carboxylic acids is 1. The van der Waals surface area contributed by atoms with Gasteiger partial charge in [-0.25, -0.2) is 0 Å². The van der Waals surface area contributed by atoms with Gasteiger partial charge in [0, 0.05) is 17.2 Å². The van der Waals surface area contributed by atoms with Crippen LogP contribution < -0.4 is 11.1 Å². The number of hydrogen-bond acceptors (Lipinski definition) is 2. The molecule has 3 heteroatoms. The van der Waals surface area contributed by atoms with Crippen LogP contribution in [0.1, 0.15) is 47.2 Å². The van der Waals surface area contributed by atoms with Crippen molar-refractivity contribution in [3.63, 3.8) is 0 Å². The first kappa shape index (κ1) is 13.6. The Kier molecular flexibility index (Phi) is 4.59. The molecule has 100 valence electrons. The van der Waals surface area contributed by atoms with Gasteiger partial charge in [-0.3, -0.25) is 4.79 Å². The highest BCUT2D eigenvalue weighted by Gasteiger charge is 2.18. The molecule has 0 unspecified atom stereocenters. The molecular formula is C16H20N2O.